The van der Waals surface area contributed by atoms with Gasteiger partial charge in [-0.1, -0.05) is 60.7 Å². The highest BCUT2D eigenvalue weighted by atomic mass is 79.9. The zero-order valence-corrected chi connectivity index (χ0v) is 13.8. The number of hydrogen-bond acceptors (Lipinski definition) is 1. The van der Waals surface area contributed by atoms with Gasteiger partial charge in [0.2, 0.25) is 12.3 Å². The lowest BCUT2D eigenvalue weighted by atomic mass is 10.0. The molecule has 0 aliphatic carbocycles. The first-order chi connectivity index (χ1) is 10.3. The zero-order chi connectivity index (χ0) is 14.5. The number of aromatic nitrogens is 1. The molecule has 0 amide bonds. The van der Waals surface area contributed by atoms with Crippen LogP contribution in [0, 0.1) is 0 Å². The van der Waals surface area contributed by atoms with Crippen molar-refractivity contribution in [3.05, 3.63) is 90.8 Å². The lowest BCUT2D eigenvalue weighted by molar-refractivity contribution is -0.683. The average molecular weight is 355 g/mol. The predicted molar refractivity (Wildman–Crippen MR) is 93.2 cm³/mol. The third-order valence-electron chi connectivity index (χ3n) is 3.42. The molecule has 22 heavy (non-hydrogen) atoms. The summed E-state index contributed by atoms with van der Waals surface area (Å²) in [6.07, 6.45) is 3.80. The quantitative estimate of drug-likeness (QED) is 0.510. The van der Waals surface area contributed by atoms with E-state index in [1.807, 2.05) is 77.6 Å². The molecule has 0 N–H and O–H groups in total. The number of rotatable bonds is 4. The lowest BCUT2D eigenvalue weighted by Gasteiger charge is -2.03. The summed E-state index contributed by atoms with van der Waals surface area (Å²) >= 11 is 0. The molecule has 0 saturated carbocycles. The number of carbonyl (C=O) groups is 1. The summed E-state index contributed by atoms with van der Waals surface area (Å²) in [5.74, 6) is 0.116. The van der Waals surface area contributed by atoms with Gasteiger partial charge in [0, 0.05) is 17.7 Å². The van der Waals surface area contributed by atoms with Gasteiger partial charge in [-0.3, -0.25) is 4.79 Å². The van der Waals surface area contributed by atoms with Gasteiger partial charge in [0.25, 0.3) is 0 Å². The van der Waals surface area contributed by atoms with Crippen LogP contribution in [-0.2, 0) is 6.54 Å². The van der Waals surface area contributed by atoms with Crippen molar-refractivity contribution >= 4 is 22.8 Å². The average Bonchev–Trinajstić information content (AvgIpc) is 2.57. The van der Waals surface area contributed by atoms with Gasteiger partial charge in [-0.15, -0.1) is 17.0 Å². The van der Waals surface area contributed by atoms with Gasteiger partial charge in [0.05, 0.1) is 0 Å². The summed E-state index contributed by atoms with van der Waals surface area (Å²) in [6, 6.07) is 23.7. The number of nitrogens with zero attached hydrogens (tertiary/aromatic N) is 1. The number of benzene rings is 2. The summed E-state index contributed by atoms with van der Waals surface area (Å²) in [4.78, 5) is 12.2. The maximum Gasteiger partial charge on any atom is 0.227 e. The van der Waals surface area contributed by atoms with Crippen molar-refractivity contribution < 1.29 is 9.36 Å². The van der Waals surface area contributed by atoms with Crippen molar-refractivity contribution in [2.24, 2.45) is 0 Å². The number of carbonyl (C=O) groups excluding carboxylic acids is 1. The number of hydrogen-bond donors (Lipinski definition) is 0. The molecule has 2 aromatic carbocycles. The normalized spacial score (nSPS) is 9.82. The fraction of sp³-hybridized carbons (Fsp3) is 0.0526. The highest BCUT2D eigenvalue weighted by Gasteiger charge is 2.11. The Morgan fingerprint density at radius 2 is 1.27 bits per heavy atom. The number of Topliss-reactive ketones (excluding diaryl/α,β-unsaturated/α-hetero) is 1. The minimum Gasteiger partial charge on any atom is -0.287 e. The van der Waals surface area contributed by atoms with Crippen LogP contribution in [0.2, 0.25) is 0 Å². The molecule has 1 heterocycles. The van der Waals surface area contributed by atoms with Crippen molar-refractivity contribution in [2.75, 3.05) is 0 Å². The molecule has 3 heteroatoms. The fourth-order valence-electron chi connectivity index (χ4n) is 2.28. The van der Waals surface area contributed by atoms with Gasteiger partial charge < -0.3 is 0 Å². The van der Waals surface area contributed by atoms with Gasteiger partial charge in [-0.25, -0.2) is 0 Å². The standard InChI is InChI=1S/C19H16NO.BrH/c21-19(15-20-13-5-2-6-14-20)18-11-9-17(10-12-18)16-7-3-1-4-8-16;/h1-14H,15H2;1H/q+1;. The molecule has 0 fully saturated rings. The maximum absolute atomic E-state index is 12.2. The Balaban J connectivity index is 0.00000176. The van der Waals surface area contributed by atoms with Gasteiger partial charge >= 0.3 is 0 Å². The van der Waals surface area contributed by atoms with E-state index in [4.69, 9.17) is 0 Å². The van der Waals surface area contributed by atoms with E-state index in [0.29, 0.717) is 6.54 Å². The van der Waals surface area contributed by atoms with Crippen LogP contribution in [0.15, 0.2) is 85.2 Å². The van der Waals surface area contributed by atoms with E-state index in [1.54, 1.807) is 0 Å². The summed E-state index contributed by atoms with van der Waals surface area (Å²) in [5.41, 5.74) is 3.03. The second-order valence-corrected chi connectivity index (χ2v) is 4.91. The van der Waals surface area contributed by atoms with Gasteiger partial charge in [0.1, 0.15) is 0 Å². The van der Waals surface area contributed by atoms with E-state index in [-0.39, 0.29) is 22.8 Å². The fourth-order valence-corrected chi connectivity index (χ4v) is 2.28. The second kappa shape index (κ2) is 7.66. The Morgan fingerprint density at radius 3 is 1.91 bits per heavy atom. The van der Waals surface area contributed by atoms with Gasteiger partial charge in [-0.05, 0) is 11.1 Å². The Hall–Kier alpha value is -2.26. The molecule has 0 aliphatic heterocycles. The second-order valence-electron chi connectivity index (χ2n) is 4.91. The van der Waals surface area contributed by atoms with Crippen LogP contribution >= 0.6 is 17.0 Å². The smallest absolute Gasteiger partial charge is 0.227 e. The lowest BCUT2D eigenvalue weighted by Crippen LogP contribution is -2.36. The molecular weight excluding hydrogens is 338 g/mol. The van der Waals surface area contributed by atoms with E-state index < -0.39 is 0 Å². The number of ketones is 1. The molecule has 0 saturated heterocycles. The van der Waals surface area contributed by atoms with Crippen LogP contribution in [0.5, 0.6) is 0 Å². The largest absolute Gasteiger partial charge is 0.287 e. The van der Waals surface area contributed by atoms with Crippen LogP contribution in [0.1, 0.15) is 10.4 Å². The summed E-state index contributed by atoms with van der Waals surface area (Å²) < 4.78 is 1.88. The number of pyridine rings is 1. The van der Waals surface area contributed by atoms with Crippen LogP contribution in [0.25, 0.3) is 11.1 Å². The maximum atomic E-state index is 12.2. The topological polar surface area (TPSA) is 20.9 Å². The monoisotopic (exact) mass is 354 g/mol. The van der Waals surface area contributed by atoms with E-state index in [1.165, 1.54) is 0 Å². The Labute approximate surface area is 140 Å². The first kappa shape index (κ1) is 16.1. The van der Waals surface area contributed by atoms with Gasteiger partial charge in [0.15, 0.2) is 12.4 Å². The number of halogens is 1. The molecule has 0 radical (unpaired) electrons. The van der Waals surface area contributed by atoms with Crippen LogP contribution in [0.4, 0.5) is 0 Å². The van der Waals surface area contributed by atoms with Crippen LogP contribution < -0.4 is 4.57 Å². The van der Waals surface area contributed by atoms with E-state index in [0.717, 1.165) is 16.7 Å². The molecular formula is C19H17BrNO+. The molecule has 0 spiro atoms. The third kappa shape index (κ3) is 3.89. The molecule has 110 valence electrons. The van der Waals surface area contributed by atoms with Crippen molar-refractivity contribution in [3.8, 4) is 11.1 Å². The van der Waals surface area contributed by atoms with E-state index in [9.17, 15) is 4.79 Å². The molecule has 1 aromatic heterocycles. The van der Waals surface area contributed by atoms with Gasteiger partial charge in [-0.2, -0.15) is 4.57 Å². The first-order valence-electron chi connectivity index (χ1n) is 6.96. The van der Waals surface area contributed by atoms with Crippen molar-refractivity contribution in [1.82, 2.24) is 0 Å². The highest BCUT2D eigenvalue weighted by Crippen LogP contribution is 2.19. The molecule has 0 bridgehead atoms. The van der Waals surface area contributed by atoms with Crippen molar-refractivity contribution in [2.45, 2.75) is 6.54 Å². The molecule has 2 nitrogen and oxygen atoms in total. The molecule has 3 aromatic rings. The van der Waals surface area contributed by atoms with Crippen molar-refractivity contribution in [1.29, 1.82) is 0 Å². The summed E-state index contributed by atoms with van der Waals surface area (Å²) in [6.45, 7) is 0.367. The van der Waals surface area contributed by atoms with Crippen molar-refractivity contribution in [3.63, 3.8) is 0 Å². The molecule has 3 rings (SSSR count). The Morgan fingerprint density at radius 1 is 0.727 bits per heavy atom. The summed E-state index contributed by atoms with van der Waals surface area (Å²) in [7, 11) is 0. The van der Waals surface area contributed by atoms with Crippen LogP contribution in [-0.4, -0.2) is 5.78 Å². The Kier molecular flexibility index (Phi) is 5.61. The minimum atomic E-state index is 0. The minimum absolute atomic E-state index is 0. The SMILES string of the molecule is Br.O=C(C[n+]1ccccc1)c1ccc(-c2ccccc2)cc1. The molecule has 0 aliphatic rings. The zero-order valence-electron chi connectivity index (χ0n) is 12.1. The molecule has 0 atom stereocenters. The third-order valence-corrected chi connectivity index (χ3v) is 3.42. The highest BCUT2D eigenvalue weighted by molar-refractivity contribution is 8.93. The Bertz CT molecular complexity index is 724. The van der Waals surface area contributed by atoms with E-state index in [2.05, 4.69) is 12.1 Å². The van der Waals surface area contributed by atoms with Crippen LogP contribution in [0.3, 0.4) is 0 Å². The first-order valence-corrected chi connectivity index (χ1v) is 6.96. The van der Waals surface area contributed by atoms with E-state index >= 15 is 0 Å². The predicted octanol–water partition coefficient (Wildman–Crippen LogP) is 4.10. The summed E-state index contributed by atoms with van der Waals surface area (Å²) in [5, 5.41) is 0. The molecule has 0 unspecified atom stereocenters.